The molecule has 0 aromatic rings. The Morgan fingerprint density at radius 3 is 2.75 bits per heavy atom. The summed E-state index contributed by atoms with van der Waals surface area (Å²) in [6.07, 6.45) is 0. The van der Waals surface area contributed by atoms with Crippen LogP contribution in [0, 0.1) is 0 Å². The number of hydrogen-bond donors (Lipinski definition) is 2. The fraction of sp³-hybridized carbons (Fsp3) is 0.600. The second kappa shape index (κ2) is 2.50. The van der Waals surface area contributed by atoms with Crippen molar-refractivity contribution >= 4 is 5.94 Å². The summed E-state index contributed by atoms with van der Waals surface area (Å²) in [5, 5.41) is 5.92. The predicted octanol–water partition coefficient (Wildman–Crippen LogP) is -1.11. The van der Waals surface area contributed by atoms with Crippen LogP contribution in [0.2, 0.25) is 0 Å². The largest absolute Gasteiger partial charge is 0.377 e. The smallest absolute Gasteiger partial charge is 0.146 e. The molecule has 0 bridgehead atoms. The van der Waals surface area contributed by atoms with Crippen LogP contribution < -0.4 is 10.6 Å². The Morgan fingerprint density at radius 1 is 1.50 bits per heavy atom. The highest BCUT2D eigenvalue weighted by atomic mass is 16.1. The van der Waals surface area contributed by atoms with Gasteiger partial charge in [0.15, 0.2) is 0 Å². The van der Waals surface area contributed by atoms with Gasteiger partial charge in [-0.2, -0.15) is 0 Å². The van der Waals surface area contributed by atoms with Crippen molar-refractivity contribution in [2.45, 2.75) is 0 Å². The van der Waals surface area contributed by atoms with Crippen LogP contribution in [0.5, 0.6) is 0 Å². The van der Waals surface area contributed by atoms with Gasteiger partial charge in [0, 0.05) is 19.6 Å². The van der Waals surface area contributed by atoms with Crippen LogP contribution in [0.1, 0.15) is 0 Å². The van der Waals surface area contributed by atoms with E-state index in [4.69, 9.17) is 0 Å². The lowest BCUT2D eigenvalue weighted by atomic mass is 10.4. The first-order chi connectivity index (χ1) is 3.93. The van der Waals surface area contributed by atoms with Crippen molar-refractivity contribution in [2.24, 2.45) is 0 Å². The molecule has 1 aliphatic rings. The van der Waals surface area contributed by atoms with Gasteiger partial charge in [-0.15, -0.1) is 0 Å². The van der Waals surface area contributed by atoms with Gasteiger partial charge in [0.2, 0.25) is 0 Å². The van der Waals surface area contributed by atoms with E-state index in [0.29, 0.717) is 12.2 Å². The van der Waals surface area contributed by atoms with Crippen LogP contribution in [0.15, 0.2) is 5.70 Å². The highest BCUT2D eigenvalue weighted by molar-refractivity contribution is 5.52. The minimum absolute atomic E-state index is 0.635. The maximum absolute atomic E-state index is 9.90. The molecule has 0 saturated carbocycles. The second-order valence-electron chi connectivity index (χ2n) is 1.68. The third-order valence-electron chi connectivity index (χ3n) is 1.07. The van der Waals surface area contributed by atoms with E-state index in [1.165, 1.54) is 0 Å². The zero-order valence-corrected chi connectivity index (χ0v) is 4.53. The van der Waals surface area contributed by atoms with Gasteiger partial charge in [0.25, 0.3) is 0 Å². The van der Waals surface area contributed by atoms with Crippen LogP contribution in [0.25, 0.3) is 0 Å². The fourth-order valence-electron chi connectivity index (χ4n) is 0.650. The first-order valence-electron chi connectivity index (χ1n) is 2.62. The normalized spacial score (nSPS) is 19.2. The minimum Gasteiger partial charge on any atom is -0.377 e. The molecule has 0 aromatic carbocycles. The number of carbonyl (C=O) groups excluding carboxylic acids is 1. The minimum atomic E-state index is 0.635. The van der Waals surface area contributed by atoms with Gasteiger partial charge in [0.05, 0.1) is 0 Å². The van der Waals surface area contributed by atoms with Crippen molar-refractivity contribution in [2.75, 3.05) is 19.6 Å². The molecule has 2 N–H and O–H groups in total. The third kappa shape index (κ3) is 1.09. The summed E-state index contributed by atoms with van der Waals surface area (Å²) in [4.78, 5) is 9.90. The molecule has 1 heterocycles. The van der Waals surface area contributed by atoms with E-state index in [1.807, 2.05) is 0 Å². The SMILES string of the molecule is O=C=C1CNCCN1. The van der Waals surface area contributed by atoms with Crippen LogP contribution in [-0.4, -0.2) is 25.6 Å². The summed E-state index contributed by atoms with van der Waals surface area (Å²) < 4.78 is 0. The van der Waals surface area contributed by atoms with E-state index in [-0.39, 0.29) is 0 Å². The number of hydrogen-bond acceptors (Lipinski definition) is 3. The van der Waals surface area contributed by atoms with Crippen molar-refractivity contribution in [3.8, 4) is 0 Å². The quantitative estimate of drug-likeness (QED) is 0.391. The van der Waals surface area contributed by atoms with E-state index < -0.39 is 0 Å². The first kappa shape index (κ1) is 5.35. The second-order valence-corrected chi connectivity index (χ2v) is 1.68. The summed E-state index contributed by atoms with van der Waals surface area (Å²) in [7, 11) is 0. The molecule has 0 radical (unpaired) electrons. The van der Waals surface area contributed by atoms with Crippen LogP contribution >= 0.6 is 0 Å². The zero-order valence-electron chi connectivity index (χ0n) is 4.53. The Bertz CT molecular complexity index is 118. The van der Waals surface area contributed by atoms with Crippen molar-refractivity contribution in [3.05, 3.63) is 5.70 Å². The molecule has 1 saturated heterocycles. The number of piperazine rings is 1. The van der Waals surface area contributed by atoms with Gasteiger partial charge in [0.1, 0.15) is 11.6 Å². The van der Waals surface area contributed by atoms with E-state index in [2.05, 4.69) is 10.6 Å². The molecule has 1 rings (SSSR count). The lowest BCUT2D eigenvalue weighted by Gasteiger charge is -2.13. The maximum atomic E-state index is 9.90. The highest BCUT2D eigenvalue weighted by Crippen LogP contribution is 1.81. The van der Waals surface area contributed by atoms with Gasteiger partial charge in [-0.25, -0.2) is 4.79 Å². The summed E-state index contributed by atoms with van der Waals surface area (Å²) in [6.45, 7) is 2.42. The Balaban J connectivity index is 2.45. The molecule has 0 aliphatic carbocycles. The van der Waals surface area contributed by atoms with E-state index >= 15 is 0 Å². The molecular formula is C5H8N2O. The Hall–Kier alpha value is -0.790. The van der Waals surface area contributed by atoms with Gasteiger partial charge in [-0.1, -0.05) is 0 Å². The zero-order chi connectivity index (χ0) is 5.82. The Kier molecular flexibility index (Phi) is 1.67. The molecule has 0 aromatic heterocycles. The molecule has 1 fully saturated rings. The predicted molar refractivity (Wildman–Crippen MR) is 30.1 cm³/mol. The summed E-state index contributed by atoms with van der Waals surface area (Å²) in [6, 6.07) is 0. The molecule has 3 nitrogen and oxygen atoms in total. The summed E-state index contributed by atoms with van der Waals surface area (Å²) in [5.41, 5.74) is 0.635. The topological polar surface area (TPSA) is 41.1 Å². The van der Waals surface area contributed by atoms with Gasteiger partial charge in [-0.05, 0) is 0 Å². The summed E-state index contributed by atoms with van der Waals surface area (Å²) in [5.74, 6) is 1.80. The van der Waals surface area contributed by atoms with E-state index in [1.54, 1.807) is 5.94 Å². The van der Waals surface area contributed by atoms with Gasteiger partial charge in [-0.3, -0.25) is 0 Å². The van der Waals surface area contributed by atoms with Crippen LogP contribution in [0.3, 0.4) is 0 Å². The van der Waals surface area contributed by atoms with Crippen molar-refractivity contribution in [3.63, 3.8) is 0 Å². The fourth-order valence-corrected chi connectivity index (χ4v) is 0.650. The van der Waals surface area contributed by atoms with Gasteiger partial charge >= 0.3 is 0 Å². The molecular weight excluding hydrogens is 104 g/mol. The van der Waals surface area contributed by atoms with Crippen molar-refractivity contribution in [1.82, 2.24) is 10.6 Å². The van der Waals surface area contributed by atoms with Crippen molar-refractivity contribution in [1.29, 1.82) is 0 Å². The molecule has 0 unspecified atom stereocenters. The molecule has 1 aliphatic heterocycles. The molecule has 8 heavy (non-hydrogen) atoms. The van der Waals surface area contributed by atoms with Crippen molar-refractivity contribution < 1.29 is 4.79 Å². The average Bonchev–Trinajstić information content (AvgIpc) is 1.90. The van der Waals surface area contributed by atoms with E-state index in [0.717, 1.165) is 13.1 Å². The molecule has 0 atom stereocenters. The molecule has 44 valence electrons. The monoisotopic (exact) mass is 112 g/mol. The Labute approximate surface area is 47.8 Å². The van der Waals surface area contributed by atoms with Crippen LogP contribution in [0.4, 0.5) is 0 Å². The number of nitrogens with one attached hydrogen (secondary N) is 2. The van der Waals surface area contributed by atoms with E-state index in [9.17, 15) is 4.79 Å². The number of rotatable bonds is 0. The highest BCUT2D eigenvalue weighted by Gasteiger charge is 2.00. The third-order valence-corrected chi connectivity index (χ3v) is 1.07. The lowest BCUT2D eigenvalue weighted by molar-refractivity contribution is 0.551. The summed E-state index contributed by atoms with van der Waals surface area (Å²) >= 11 is 0. The molecule has 0 amide bonds. The molecule has 0 spiro atoms. The standard InChI is InChI=1S/C5H8N2O/c8-4-5-3-6-1-2-7-5/h6-7H,1-3H2. The lowest BCUT2D eigenvalue weighted by Crippen LogP contribution is -2.38. The average molecular weight is 112 g/mol. The first-order valence-corrected chi connectivity index (χ1v) is 2.62. The Morgan fingerprint density at radius 2 is 2.38 bits per heavy atom. The molecule has 3 heteroatoms. The van der Waals surface area contributed by atoms with Crippen LogP contribution in [-0.2, 0) is 4.79 Å². The van der Waals surface area contributed by atoms with Gasteiger partial charge < -0.3 is 10.6 Å². The maximum Gasteiger partial charge on any atom is 0.146 e.